The molecule has 0 radical (unpaired) electrons. The van der Waals surface area contributed by atoms with Crippen molar-refractivity contribution in [2.24, 2.45) is 0 Å². The zero-order valence-corrected chi connectivity index (χ0v) is 12.7. The van der Waals surface area contributed by atoms with Gasteiger partial charge in [0.2, 0.25) is 0 Å². The molecular formula is C15H25NOS. The highest BCUT2D eigenvalue weighted by Crippen LogP contribution is 2.25. The second-order valence-electron chi connectivity index (χ2n) is 4.42. The topological polar surface area (TPSA) is 21.3 Å². The van der Waals surface area contributed by atoms with Gasteiger partial charge in [0.25, 0.3) is 0 Å². The molecule has 0 aliphatic rings. The van der Waals surface area contributed by atoms with Crippen LogP contribution in [0.3, 0.4) is 0 Å². The average Bonchev–Trinajstić information content (AvgIpc) is 2.39. The Morgan fingerprint density at radius 1 is 1.28 bits per heavy atom. The van der Waals surface area contributed by atoms with E-state index in [0.717, 1.165) is 17.9 Å². The van der Waals surface area contributed by atoms with Gasteiger partial charge in [-0.05, 0) is 32.6 Å². The van der Waals surface area contributed by atoms with Gasteiger partial charge in [-0.2, -0.15) is 11.8 Å². The largest absolute Gasteiger partial charge is 0.494 e. The van der Waals surface area contributed by atoms with Crippen molar-refractivity contribution < 1.29 is 4.74 Å². The third kappa shape index (κ3) is 4.54. The van der Waals surface area contributed by atoms with Crippen molar-refractivity contribution in [3.05, 3.63) is 29.8 Å². The number of rotatable bonds is 8. The average molecular weight is 267 g/mol. The van der Waals surface area contributed by atoms with E-state index < -0.39 is 0 Å². The molecule has 0 saturated carbocycles. The Kier molecular flexibility index (Phi) is 7.21. The highest BCUT2D eigenvalue weighted by atomic mass is 32.2. The maximum Gasteiger partial charge on any atom is 0.124 e. The van der Waals surface area contributed by atoms with E-state index >= 15 is 0 Å². The van der Waals surface area contributed by atoms with Gasteiger partial charge >= 0.3 is 0 Å². The first kappa shape index (κ1) is 15.4. The van der Waals surface area contributed by atoms with Crippen molar-refractivity contribution in [1.29, 1.82) is 0 Å². The lowest BCUT2D eigenvalue weighted by atomic mass is 10.1. The van der Waals surface area contributed by atoms with E-state index in [1.165, 1.54) is 5.56 Å². The van der Waals surface area contributed by atoms with Crippen LogP contribution in [0.5, 0.6) is 5.75 Å². The quantitative estimate of drug-likeness (QED) is 0.772. The molecule has 0 fully saturated rings. The Morgan fingerprint density at radius 3 is 2.61 bits per heavy atom. The van der Waals surface area contributed by atoms with Gasteiger partial charge in [0.15, 0.2) is 0 Å². The third-order valence-corrected chi connectivity index (χ3v) is 3.77. The molecule has 0 saturated heterocycles. The molecule has 18 heavy (non-hydrogen) atoms. The van der Waals surface area contributed by atoms with Crippen LogP contribution in [-0.4, -0.2) is 24.7 Å². The fourth-order valence-corrected chi connectivity index (χ4v) is 2.79. The molecule has 2 unspecified atom stereocenters. The summed E-state index contributed by atoms with van der Waals surface area (Å²) in [5.74, 6) is 2.15. The van der Waals surface area contributed by atoms with Crippen LogP contribution in [0.15, 0.2) is 24.3 Å². The van der Waals surface area contributed by atoms with E-state index in [-0.39, 0.29) is 0 Å². The summed E-state index contributed by atoms with van der Waals surface area (Å²) >= 11 is 1.89. The van der Waals surface area contributed by atoms with Gasteiger partial charge in [-0.15, -0.1) is 0 Å². The first-order chi connectivity index (χ1) is 8.72. The van der Waals surface area contributed by atoms with Gasteiger partial charge in [-0.25, -0.2) is 0 Å². The van der Waals surface area contributed by atoms with Gasteiger partial charge in [-0.1, -0.05) is 25.1 Å². The Hall–Kier alpha value is -0.670. The van der Waals surface area contributed by atoms with E-state index in [1.807, 2.05) is 30.8 Å². The highest BCUT2D eigenvalue weighted by molar-refractivity contribution is 7.98. The molecule has 2 nitrogen and oxygen atoms in total. The Balaban J connectivity index is 2.73. The summed E-state index contributed by atoms with van der Waals surface area (Å²) in [6, 6.07) is 9.18. The summed E-state index contributed by atoms with van der Waals surface area (Å²) in [5.41, 5.74) is 1.25. The fourth-order valence-electron chi connectivity index (χ4n) is 2.05. The minimum absolute atomic E-state index is 0.324. The minimum atomic E-state index is 0.324. The Morgan fingerprint density at radius 2 is 2.00 bits per heavy atom. The number of para-hydroxylation sites is 1. The summed E-state index contributed by atoms with van der Waals surface area (Å²) in [6.45, 7) is 7.18. The lowest BCUT2D eigenvalue weighted by Gasteiger charge is -2.23. The summed E-state index contributed by atoms with van der Waals surface area (Å²) in [5, 5.41) is 3.68. The lowest BCUT2D eigenvalue weighted by Crippen LogP contribution is -2.33. The lowest BCUT2D eigenvalue weighted by molar-refractivity contribution is 0.330. The molecule has 1 aromatic rings. The van der Waals surface area contributed by atoms with Crippen LogP contribution in [0.25, 0.3) is 0 Å². The van der Waals surface area contributed by atoms with Crippen molar-refractivity contribution in [2.45, 2.75) is 39.3 Å². The van der Waals surface area contributed by atoms with E-state index in [0.29, 0.717) is 18.7 Å². The van der Waals surface area contributed by atoms with Gasteiger partial charge in [-0.3, -0.25) is 0 Å². The van der Waals surface area contributed by atoms with Gasteiger partial charge in [0.1, 0.15) is 5.75 Å². The van der Waals surface area contributed by atoms with E-state index in [9.17, 15) is 0 Å². The molecule has 3 heteroatoms. The van der Waals surface area contributed by atoms with Crippen molar-refractivity contribution >= 4 is 11.8 Å². The number of hydrogen-bond donors (Lipinski definition) is 1. The smallest absolute Gasteiger partial charge is 0.124 e. The predicted molar refractivity (Wildman–Crippen MR) is 81.6 cm³/mol. The SMILES string of the molecule is CCOc1ccccc1C(C)NC(CC)CSC. The fraction of sp³-hybridized carbons (Fsp3) is 0.600. The van der Waals surface area contributed by atoms with Crippen LogP contribution >= 0.6 is 11.8 Å². The molecule has 0 aliphatic heterocycles. The summed E-state index contributed by atoms with van der Waals surface area (Å²) in [7, 11) is 0. The monoisotopic (exact) mass is 267 g/mol. The molecule has 102 valence electrons. The van der Waals surface area contributed by atoms with E-state index in [2.05, 4.69) is 37.6 Å². The molecule has 0 aromatic heterocycles. The maximum atomic E-state index is 5.69. The highest BCUT2D eigenvalue weighted by Gasteiger charge is 2.14. The van der Waals surface area contributed by atoms with Crippen molar-refractivity contribution in [3.8, 4) is 5.75 Å². The first-order valence-corrected chi connectivity index (χ1v) is 8.09. The zero-order chi connectivity index (χ0) is 13.4. The van der Waals surface area contributed by atoms with Crippen LogP contribution < -0.4 is 10.1 Å². The predicted octanol–water partition coefficient (Wildman–Crippen LogP) is 3.88. The summed E-state index contributed by atoms with van der Waals surface area (Å²) in [4.78, 5) is 0. The van der Waals surface area contributed by atoms with Crippen LogP contribution in [0.2, 0.25) is 0 Å². The van der Waals surface area contributed by atoms with Crippen molar-refractivity contribution in [2.75, 3.05) is 18.6 Å². The van der Waals surface area contributed by atoms with Gasteiger partial charge in [0.05, 0.1) is 6.61 Å². The van der Waals surface area contributed by atoms with Crippen molar-refractivity contribution in [3.63, 3.8) is 0 Å². The molecule has 0 spiro atoms. The normalized spacial score (nSPS) is 14.2. The molecular weight excluding hydrogens is 242 g/mol. The first-order valence-electron chi connectivity index (χ1n) is 6.69. The van der Waals surface area contributed by atoms with E-state index in [4.69, 9.17) is 4.74 Å². The zero-order valence-electron chi connectivity index (χ0n) is 11.9. The number of benzene rings is 1. The van der Waals surface area contributed by atoms with Crippen LogP contribution in [0.1, 0.15) is 38.8 Å². The Labute approximate surface area is 116 Å². The number of ether oxygens (including phenoxy) is 1. The molecule has 0 aliphatic carbocycles. The molecule has 1 aromatic carbocycles. The Bertz CT molecular complexity index is 343. The second-order valence-corrected chi connectivity index (χ2v) is 5.33. The standard InChI is InChI=1S/C15H25NOS/c1-5-13(11-18-4)16-12(3)14-9-7-8-10-15(14)17-6-2/h7-10,12-13,16H,5-6,11H2,1-4H3. The molecule has 0 amide bonds. The van der Waals surface area contributed by atoms with Crippen molar-refractivity contribution in [1.82, 2.24) is 5.32 Å². The van der Waals surface area contributed by atoms with Crippen LogP contribution in [0.4, 0.5) is 0 Å². The molecule has 0 heterocycles. The minimum Gasteiger partial charge on any atom is -0.494 e. The van der Waals surface area contributed by atoms with Gasteiger partial charge in [0, 0.05) is 23.4 Å². The molecule has 2 atom stereocenters. The molecule has 1 N–H and O–H groups in total. The maximum absolute atomic E-state index is 5.69. The molecule has 1 rings (SSSR count). The van der Waals surface area contributed by atoms with Crippen LogP contribution in [-0.2, 0) is 0 Å². The van der Waals surface area contributed by atoms with Gasteiger partial charge < -0.3 is 10.1 Å². The number of thioether (sulfide) groups is 1. The summed E-state index contributed by atoms with van der Waals surface area (Å²) < 4.78 is 5.69. The summed E-state index contributed by atoms with van der Waals surface area (Å²) in [6.07, 6.45) is 3.31. The second kappa shape index (κ2) is 8.44. The third-order valence-electron chi connectivity index (χ3n) is 3.03. The number of hydrogen-bond acceptors (Lipinski definition) is 3. The molecule has 0 bridgehead atoms. The van der Waals surface area contributed by atoms with E-state index in [1.54, 1.807) is 0 Å². The van der Waals surface area contributed by atoms with Crippen LogP contribution in [0, 0.1) is 0 Å². The number of nitrogens with one attached hydrogen (secondary N) is 1.